The fourth-order valence-corrected chi connectivity index (χ4v) is 17.6. The van der Waals surface area contributed by atoms with Gasteiger partial charge in [0.25, 0.3) is 0 Å². The molecule has 0 atom stereocenters. The Hall–Kier alpha value is -1.94. The molecule has 55 heavy (non-hydrogen) atoms. The summed E-state index contributed by atoms with van der Waals surface area (Å²) in [5.74, 6) is 0.415. The number of hydrogen-bond donors (Lipinski definition) is 0. The second-order valence-corrected chi connectivity index (χ2v) is 24.3. The van der Waals surface area contributed by atoms with Crippen molar-refractivity contribution >= 4 is 141 Å². The van der Waals surface area contributed by atoms with Gasteiger partial charge in [-0.3, -0.25) is 9.59 Å². The van der Waals surface area contributed by atoms with Crippen molar-refractivity contribution in [3.05, 3.63) is 110 Å². The zero-order chi connectivity index (χ0) is 39.9. The summed E-state index contributed by atoms with van der Waals surface area (Å²) in [6.45, 7) is 11.3. The molecule has 2 aliphatic rings. The molecule has 8 heterocycles. The van der Waals surface area contributed by atoms with E-state index in [0.29, 0.717) is 0 Å². The molecule has 0 spiro atoms. The molecule has 0 fully saturated rings. The first-order chi connectivity index (χ1) is 26.6. The second kappa shape index (κ2) is 16.0. The summed E-state index contributed by atoms with van der Waals surface area (Å²) in [5.41, 5.74) is 8.24. The van der Waals surface area contributed by atoms with Crippen LogP contribution >= 0.6 is 123 Å². The number of halogens is 2. The molecule has 3 nitrogen and oxygen atoms in total. The van der Waals surface area contributed by atoms with Crippen molar-refractivity contribution in [2.24, 2.45) is 0 Å². The van der Waals surface area contributed by atoms with Gasteiger partial charge < -0.3 is 4.79 Å². The molecule has 0 radical (unpaired) electrons. The van der Waals surface area contributed by atoms with Crippen LogP contribution in [0, 0.1) is 41.5 Å². The van der Waals surface area contributed by atoms with Gasteiger partial charge >= 0.3 is 0 Å². The molecular formula is C41H28Br2NiO3S8. The van der Waals surface area contributed by atoms with E-state index in [9.17, 15) is 9.59 Å². The van der Waals surface area contributed by atoms with Crippen LogP contribution in [0.4, 0.5) is 0 Å². The zero-order valence-electron chi connectivity index (χ0n) is 31.7. The summed E-state index contributed by atoms with van der Waals surface area (Å²) in [4.78, 5) is 52.5. The summed E-state index contributed by atoms with van der Waals surface area (Å²) in [7, 11) is 0. The van der Waals surface area contributed by atoms with Gasteiger partial charge in [0, 0.05) is 87.5 Å². The van der Waals surface area contributed by atoms with Crippen molar-refractivity contribution < 1.29 is 33.6 Å². The first-order valence-electron chi connectivity index (χ1n) is 17.4. The van der Waals surface area contributed by atoms with Gasteiger partial charge in [0.15, 0.2) is 11.6 Å². The van der Waals surface area contributed by atoms with E-state index in [0.717, 1.165) is 61.8 Å². The minimum Gasteiger partial charge on any atom is -0.307 e. The third-order valence-corrected chi connectivity index (χ3v) is 20.9. The van der Waals surface area contributed by atoms with Crippen molar-refractivity contribution in [2.45, 2.75) is 41.5 Å². The van der Waals surface area contributed by atoms with Gasteiger partial charge in [0.1, 0.15) is 9.48 Å². The Labute approximate surface area is 380 Å². The topological polar surface area (TPSA) is 51.2 Å². The Balaban J connectivity index is 0.000000157. The molecule has 14 heteroatoms. The largest absolute Gasteiger partial charge is 0.307 e. The SMILES string of the molecule is Cc1c(-c2ccc(Br)s2)sc2c1C(=O)c1c-2sc(-c2ccc(Br)s2)c1C.Cc1ccc(-c2sc3c(c2C)C(=O)c2c-3sc(-c3ccc(C)s3)c2C)s1.[2H]C([2H])=O.[Ni]. The van der Waals surface area contributed by atoms with E-state index in [1.54, 1.807) is 90.7 Å². The minimum absolute atomic E-state index is 0. The second-order valence-electron chi connectivity index (χ2n) is 12.7. The quantitative estimate of drug-likeness (QED) is 0.165. The molecule has 8 aromatic heterocycles. The maximum Gasteiger partial charge on any atom is 0.196 e. The first kappa shape index (κ1) is 38.6. The molecule has 0 saturated heterocycles. The van der Waals surface area contributed by atoms with E-state index in [1.165, 1.54) is 58.5 Å². The average molecular weight is 1050 g/mol. The van der Waals surface area contributed by atoms with Crippen molar-refractivity contribution in [1.82, 2.24) is 0 Å². The van der Waals surface area contributed by atoms with Crippen LogP contribution in [-0.4, -0.2) is 18.3 Å². The molecule has 0 unspecified atom stereocenters. The van der Waals surface area contributed by atoms with Crippen LogP contribution in [0.5, 0.6) is 0 Å². The number of rotatable bonds is 4. The summed E-state index contributed by atoms with van der Waals surface area (Å²) in [6, 6.07) is 17.1. The Morgan fingerprint density at radius 1 is 0.436 bits per heavy atom. The predicted molar refractivity (Wildman–Crippen MR) is 246 cm³/mol. The van der Waals surface area contributed by atoms with Crippen LogP contribution in [-0.2, 0) is 21.3 Å². The number of aryl methyl sites for hydroxylation is 2. The average Bonchev–Trinajstić information content (AvgIpc) is 3.97. The summed E-state index contributed by atoms with van der Waals surface area (Å²) in [5, 5.41) is 0. The predicted octanol–water partition coefficient (Wildman–Crippen LogP) is 16.1. The van der Waals surface area contributed by atoms with Gasteiger partial charge in [0.05, 0.1) is 27.1 Å². The van der Waals surface area contributed by atoms with Crippen LogP contribution in [0.2, 0.25) is 0 Å². The Morgan fingerprint density at radius 2 is 0.691 bits per heavy atom. The summed E-state index contributed by atoms with van der Waals surface area (Å²) < 4.78 is 13.5. The fraction of sp³-hybridized carbons (Fsp3) is 0.146. The van der Waals surface area contributed by atoms with E-state index >= 15 is 0 Å². The molecule has 0 bridgehead atoms. The van der Waals surface area contributed by atoms with Gasteiger partial charge in [0.2, 0.25) is 0 Å². The molecule has 0 N–H and O–H groups in total. The van der Waals surface area contributed by atoms with E-state index in [-0.39, 0.29) is 28.1 Å². The Bertz CT molecular complexity index is 2530. The maximum absolute atomic E-state index is 13.2. The molecule has 0 saturated carbocycles. The van der Waals surface area contributed by atoms with E-state index < -0.39 is 6.74 Å². The normalized spacial score (nSPS) is 12.5. The van der Waals surface area contributed by atoms with Crippen molar-refractivity contribution in [3.63, 3.8) is 0 Å². The molecule has 8 aromatic rings. The number of thiophene rings is 8. The summed E-state index contributed by atoms with van der Waals surface area (Å²) in [6.07, 6.45) is 0. The number of carbonyl (C=O) groups excluding carboxylic acids is 3. The molecule has 0 aromatic carbocycles. The fourth-order valence-electron chi connectivity index (χ4n) is 6.96. The van der Waals surface area contributed by atoms with Gasteiger partial charge in [-0.05, 0) is 144 Å². The summed E-state index contributed by atoms with van der Waals surface area (Å²) >= 11 is 21.2. The molecule has 0 aliphatic heterocycles. The number of hydrogen-bond acceptors (Lipinski definition) is 11. The van der Waals surface area contributed by atoms with E-state index in [2.05, 4.69) is 122 Å². The zero-order valence-corrected chi connectivity index (χ0v) is 40.4. The van der Waals surface area contributed by atoms with E-state index in [1.807, 2.05) is 0 Å². The van der Waals surface area contributed by atoms with Crippen molar-refractivity contribution in [3.8, 4) is 58.5 Å². The smallest absolute Gasteiger partial charge is 0.196 e. The number of fused-ring (bicyclic) bond motifs is 6. The van der Waals surface area contributed by atoms with E-state index in [4.69, 9.17) is 7.54 Å². The van der Waals surface area contributed by atoms with Crippen LogP contribution in [0.1, 0.15) is 66.6 Å². The van der Waals surface area contributed by atoms with Crippen LogP contribution in [0.25, 0.3) is 58.5 Å². The third-order valence-electron chi connectivity index (χ3n) is 9.43. The Kier molecular flexibility index (Phi) is 11.2. The van der Waals surface area contributed by atoms with Gasteiger partial charge in [-0.2, -0.15) is 0 Å². The molecule has 0 amide bonds. The molecule has 2 aliphatic carbocycles. The van der Waals surface area contributed by atoms with Gasteiger partial charge in [-0.15, -0.1) is 90.7 Å². The van der Waals surface area contributed by atoms with Crippen LogP contribution < -0.4 is 0 Å². The standard InChI is InChI=1S/C21H16OS4.C19H10Br2OS4.CH2O.Ni/c1-9-5-7-13(23-9)18-11(3)15-17(22)16-12(4)19(14-8-6-10(2)24-14)26-21(16)20(15)25-18;1-7-13-15(22)14-8(2)17(10-4-6-12(21)24-10)26-19(14)18(13)25-16(7)9-3-5-11(20)23-9;1-2;/h5-8H,1-4H3;3-6H,1-2H3;1H2;/i;;1D2;. The minimum atomic E-state index is -1.33. The van der Waals surface area contributed by atoms with Gasteiger partial charge in [-0.1, -0.05) is 0 Å². The van der Waals surface area contributed by atoms with Crippen molar-refractivity contribution in [1.29, 1.82) is 0 Å². The maximum atomic E-state index is 13.2. The number of ketones is 2. The third kappa shape index (κ3) is 6.85. The van der Waals surface area contributed by atoms with Crippen molar-refractivity contribution in [2.75, 3.05) is 0 Å². The molecule has 282 valence electrons. The molecular weight excluding hydrogens is 1020 g/mol. The molecule has 10 rings (SSSR count). The van der Waals surface area contributed by atoms with Crippen LogP contribution in [0.3, 0.4) is 0 Å². The van der Waals surface area contributed by atoms with Crippen LogP contribution in [0.15, 0.2) is 56.1 Å². The first-order valence-corrected chi connectivity index (χ1v) is 24.5. The van der Waals surface area contributed by atoms with Gasteiger partial charge in [-0.25, -0.2) is 0 Å². The Morgan fingerprint density at radius 3 is 0.909 bits per heavy atom. The number of carbonyl (C=O) groups is 3. The monoisotopic (exact) mass is 1040 g/mol.